The lowest BCUT2D eigenvalue weighted by molar-refractivity contribution is -0.113. The van der Waals surface area contributed by atoms with Crippen LogP contribution in [0.5, 0.6) is 5.75 Å². The molecule has 0 aliphatic rings. The Labute approximate surface area is 129 Å². The van der Waals surface area contributed by atoms with Crippen LogP contribution < -0.4 is 10.1 Å². The molecule has 0 aliphatic carbocycles. The molecular formula is C13H14F2N4O2S. The minimum absolute atomic E-state index is 0.0402. The lowest BCUT2D eigenvalue weighted by Gasteiger charge is -2.07. The summed E-state index contributed by atoms with van der Waals surface area (Å²) in [6.07, 6.45) is 1.60. The molecule has 118 valence electrons. The highest BCUT2D eigenvalue weighted by atomic mass is 32.2. The predicted octanol–water partition coefficient (Wildman–Crippen LogP) is 2.63. The number of aromatic nitrogens is 3. The molecule has 0 saturated carbocycles. The fourth-order valence-electron chi connectivity index (χ4n) is 1.62. The number of amides is 1. The van der Waals surface area contributed by atoms with Gasteiger partial charge in [-0.05, 0) is 31.2 Å². The van der Waals surface area contributed by atoms with Gasteiger partial charge < -0.3 is 14.6 Å². The van der Waals surface area contributed by atoms with E-state index >= 15 is 0 Å². The van der Waals surface area contributed by atoms with Gasteiger partial charge in [0.15, 0.2) is 5.16 Å². The van der Waals surface area contributed by atoms with Crippen molar-refractivity contribution in [2.75, 3.05) is 11.1 Å². The van der Waals surface area contributed by atoms with Crippen LogP contribution in [0.3, 0.4) is 0 Å². The topological polar surface area (TPSA) is 69.0 Å². The first-order valence-corrected chi connectivity index (χ1v) is 7.42. The number of hydrogen-bond donors (Lipinski definition) is 1. The van der Waals surface area contributed by atoms with Gasteiger partial charge in [0, 0.05) is 12.2 Å². The molecule has 0 fully saturated rings. The molecule has 0 aliphatic heterocycles. The Balaban J connectivity index is 1.84. The van der Waals surface area contributed by atoms with Gasteiger partial charge in [0.25, 0.3) is 0 Å². The molecule has 1 N–H and O–H groups in total. The number of carbonyl (C=O) groups excluding carboxylic acids is 1. The molecule has 0 spiro atoms. The maximum atomic E-state index is 12.0. The van der Waals surface area contributed by atoms with Crippen molar-refractivity contribution in [2.45, 2.75) is 25.2 Å². The number of thioether (sulfide) groups is 1. The van der Waals surface area contributed by atoms with E-state index in [1.54, 1.807) is 6.33 Å². The van der Waals surface area contributed by atoms with Crippen LogP contribution >= 0.6 is 11.8 Å². The van der Waals surface area contributed by atoms with E-state index in [1.165, 1.54) is 36.0 Å². The average Bonchev–Trinajstić information content (AvgIpc) is 2.94. The van der Waals surface area contributed by atoms with Gasteiger partial charge in [-0.15, -0.1) is 10.2 Å². The maximum absolute atomic E-state index is 12.0. The van der Waals surface area contributed by atoms with Gasteiger partial charge >= 0.3 is 6.61 Å². The minimum atomic E-state index is -2.87. The minimum Gasteiger partial charge on any atom is -0.435 e. The van der Waals surface area contributed by atoms with Gasteiger partial charge in [0.2, 0.25) is 5.91 Å². The highest BCUT2D eigenvalue weighted by Crippen LogP contribution is 2.19. The standard InChI is InChI=1S/C13H14F2N4O2S/c1-2-19-8-16-18-13(19)22-7-11(20)17-9-3-5-10(6-4-9)21-12(14)15/h3-6,8,12H,2,7H2,1H3,(H,17,20). The predicted molar refractivity (Wildman–Crippen MR) is 78.1 cm³/mol. The lowest BCUT2D eigenvalue weighted by Crippen LogP contribution is -2.14. The summed E-state index contributed by atoms with van der Waals surface area (Å²) >= 11 is 1.27. The van der Waals surface area contributed by atoms with Crippen LogP contribution in [-0.2, 0) is 11.3 Å². The number of benzene rings is 1. The molecule has 1 aromatic carbocycles. The molecule has 1 amide bonds. The Morgan fingerprint density at radius 2 is 2.14 bits per heavy atom. The Hall–Kier alpha value is -2.16. The fraction of sp³-hybridized carbons (Fsp3) is 0.308. The van der Waals surface area contributed by atoms with Gasteiger partial charge in [-0.3, -0.25) is 4.79 Å². The van der Waals surface area contributed by atoms with Gasteiger partial charge in [0.1, 0.15) is 12.1 Å². The van der Waals surface area contributed by atoms with Crippen molar-refractivity contribution in [3.8, 4) is 5.75 Å². The maximum Gasteiger partial charge on any atom is 0.387 e. The van der Waals surface area contributed by atoms with E-state index in [4.69, 9.17) is 0 Å². The Morgan fingerprint density at radius 1 is 1.41 bits per heavy atom. The number of nitrogens with one attached hydrogen (secondary N) is 1. The molecule has 9 heteroatoms. The van der Waals surface area contributed by atoms with E-state index in [0.29, 0.717) is 10.8 Å². The molecule has 0 bridgehead atoms. The van der Waals surface area contributed by atoms with Crippen LogP contribution in [0.1, 0.15) is 6.92 Å². The Kier molecular flexibility index (Phi) is 5.70. The van der Waals surface area contributed by atoms with Crippen LogP contribution in [-0.4, -0.2) is 33.0 Å². The molecule has 0 atom stereocenters. The van der Waals surface area contributed by atoms with E-state index in [2.05, 4.69) is 20.3 Å². The Bertz CT molecular complexity index is 619. The van der Waals surface area contributed by atoms with Crippen LogP contribution in [0.2, 0.25) is 0 Å². The van der Waals surface area contributed by atoms with E-state index in [9.17, 15) is 13.6 Å². The quantitative estimate of drug-likeness (QED) is 0.791. The fourth-order valence-corrected chi connectivity index (χ4v) is 2.40. The zero-order valence-corrected chi connectivity index (χ0v) is 12.5. The summed E-state index contributed by atoms with van der Waals surface area (Å²) < 4.78 is 30.1. The first kappa shape index (κ1) is 16.2. The number of alkyl halides is 2. The SMILES string of the molecule is CCn1cnnc1SCC(=O)Nc1ccc(OC(F)F)cc1. The number of ether oxygens (including phenoxy) is 1. The summed E-state index contributed by atoms with van der Waals surface area (Å²) in [5, 5.41) is 11.0. The second-order valence-electron chi connectivity index (χ2n) is 4.14. The zero-order chi connectivity index (χ0) is 15.9. The van der Waals surface area contributed by atoms with E-state index < -0.39 is 6.61 Å². The largest absolute Gasteiger partial charge is 0.435 e. The molecule has 22 heavy (non-hydrogen) atoms. The molecule has 1 aromatic heterocycles. The van der Waals surface area contributed by atoms with Crippen molar-refractivity contribution >= 4 is 23.4 Å². The molecule has 1 heterocycles. The van der Waals surface area contributed by atoms with Crippen LogP contribution in [0.25, 0.3) is 0 Å². The summed E-state index contributed by atoms with van der Waals surface area (Å²) in [4.78, 5) is 11.8. The molecule has 6 nitrogen and oxygen atoms in total. The van der Waals surface area contributed by atoms with Crippen LogP contribution in [0.15, 0.2) is 35.7 Å². The summed E-state index contributed by atoms with van der Waals surface area (Å²) in [5.41, 5.74) is 0.504. The molecule has 2 rings (SSSR count). The summed E-state index contributed by atoms with van der Waals surface area (Å²) in [7, 11) is 0. The molecule has 2 aromatic rings. The van der Waals surface area contributed by atoms with Gasteiger partial charge in [0.05, 0.1) is 5.75 Å². The van der Waals surface area contributed by atoms with Crippen LogP contribution in [0, 0.1) is 0 Å². The highest BCUT2D eigenvalue weighted by Gasteiger charge is 2.09. The van der Waals surface area contributed by atoms with E-state index in [-0.39, 0.29) is 17.4 Å². The highest BCUT2D eigenvalue weighted by molar-refractivity contribution is 7.99. The van der Waals surface area contributed by atoms with Crippen molar-refractivity contribution in [3.05, 3.63) is 30.6 Å². The Morgan fingerprint density at radius 3 is 2.77 bits per heavy atom. The number of aryl methyl sites for hydroxylation is 1. The smallest absolute Gasteiger partial charge is 0.387 e. The van der Waals surface area contributed by atoms with Crippen molar-refractivity contribution in [3.63, 3.8) is 0 Å². The van der Waals surface area contributed by atoms with Crippen molar-refractivity contribution in [1.29, 1.82) is 0 Å². The third kappa shape index (κ3) is 4.69. The summed E-state index contributed by atoms with van der Waals surface area (Å²) in [6.45, 7) is -0.188. The average molecular weight is 328 g/mol. The number of nitrogens with zero attached hydrogens (tertiary/aromatic N) is 3. The number of halogens is 2. The van der Waals surface area contributed by atoms with E-state index in [1.807, 2.05) is 11.5 Å². The first-order valence-electron chi connectivity index (χ1n) is 6.44. The molecule has 0 radical (unpaired) electrons. The van der Waals surface area contributed by atoms with Gasteiger partial charge in [-0.2, -0.15) is 8.78 Å². The third-order valence-electron chi connectivity index (χ3n) is 2.62. The molecule has 0 saturated heterocycles. The summed E-state index contributed by atoms with van der Waals surface area (Å²) in [6, 6.07) is 5.72. The number of hydrogen-bond acceptors (Lipinski definition) is 5. The molecular weight excluding hydrogens is 314 g/mol. The first-order chi connectivity index (χ1) is 10.6. The normalized spacial score (nSPS) is 10.7. The second-order valence-corrected chi connectivity index (χ2v) is 5.08. The van der Waals surface area contributed by atoms with E-state index in [0.717, 1.165) is 6.54 Å². The van der Waals surface area contributed by atoms with Crippen molar-refractivity contribution < 1.29 is 18.3 Å². The number of carbonyl (C=O) groups is 1. The van der Waals surface area contributed by atoms with Gasteiger partial charge in [-0.25, -0.2) is 0 Å². The van der Waals surface area contributed by atoms with Crippen molar-refractivity contribution in [1.82, 2.24) is 14.8 Å². The number of anilines is 1. The monoisotopic (exact) mass is 328 g/mol. The van der Waals surface area contributed by atoms with Gasteiger partial charge in [-0.1, -0.05) is 11.8 Å². The zero-order valence-electron chi connectivity index (χ0n) is 11.7. The number of rotatable bonds is 7. The third-order valence-corrected chi connectivity index (χ3v) is 3.60. The molecule has 0 unspecified atom stereocenters. The lowest BCUT2D eigenvalue weighted by atomic mass is 10.3. The van der Waals surface area contributed by atoms with Crippen molar-refractivity contribution in [2.24, 2.45) is 0 Å². The van der Waals surface area contributed by atoms with Crippen LogP contribution in [0.4, 0.5) is 14.5 Å². The second kappa shape index (κ2) is 7.74. The summed E-state index contributed by atoms with van der Waals surface area (Å²) in [5.74, 6) is -0.00912.